The molecule has 43 heavy (non-hydrogen) atoms. The van der Waals surface area contributed by atoms with Crippen LogP contribution >= 0.6 is 0 Å². The summed E-state index contributed by atoms with van der Waals surface area (Å²) in [5.41, 5.74) is 2.74. The monoisotopic (exact) mass is 594 g/mol. The number of anilines is 1. The van der Waals surface area contributed by atoms with Gasteiger partial charge >= 0.3 is 5.97 Å². The third kappa shape index (κ3) is 7.92. The van der Waals surface area contributed by atoms with E-state index < -0.39 is 17.7 Å². The Kier molecular flexibility index (Phi) is 9.70. The number of aromatic nitrogens is 3. The molecule has 10 heteroatoms. The molecule has 234 valence electrons. The van der Waals surface area contributed by atoms with Gasteiger partial charge in [-0.3, -0.25) is 0 Å². The van der Waals surface area contributed by atoms with Gasteiger partial charge in [-0.15, -0.1) is 0 Å². The van der Waals surface area contributed by atoms with Crippen molar-refractivity contribution >= 4 is 17.4 Å². The van der Waals surface area contributed by atoms with Crippen molar-refractivity contribution in [3.05, 3.63) is 58.9 Å². The highest BCUT2D eigenvalue weighted by molar-refractivity contribution is 5.78. The highest BCUT2D eigenvalue weighted by atomic mass is 16.5. The lowest BCUT2D eigenvalue weighted by Gasteiger charge is -2.41. The zero-order valence-electron chi connectivity index (χ0n) is 26.2. The van der Waals surface area contributed by atoms with Crippen LogP contribution in [0.5, 0.6) is 0 Å². The van der Waals surface area contributed by atoms with E-state index in [-0.39, 0.29) is 11.7 Å². The average molecular weight is 595 g/mol. The Hall–Kier alpha value is -3.05. The van der Waals surface area contributed by atoms with Crippen molar-refractivity contribution in [3.8, 4) is 0 Å². The smallest absolute Gasteiger partial charge is 0.337 e. The Morgan fingerprint density at radius 3 is 2.63 bits per heavy atom. The van der Waals surface area contributed by atoms with Crippen molar-refractivity contribution in [1.29, 1.82) is 0 Å². The summed E-state index contributed by atoms with van der Waals surface area (Å²) < 4.78 is 26.8. The molecule has 3 aliphatic rings. The molecular weight excluding hydrogens is 548 g/mol. The molecule has 2 atom stereocenters. The van der Waals surface area contributed by atoms with Crippen LogP contribution in [0.25, 0.3) is 5.65 Å². The minimum atomic E-state index is -1.20. The van der Waals surface area contributed by atoms with Gasteiger partial charge in [0.15, 0.2) is 11.8 Å². The molecule has 1 saturated heterocycles. The molecule has 5 heterocycles. The van der Waals surface area contributed by atoms with Gasteiger partial charge in [-0.2, -0.15) is 9.61 Å². The number of hydrogen-bond donors (Lipinski definition) is 1. The number of fused-ring (bicyclic) bond motifs is 9. The molecule has 0 radical (unpaired) electrons. The van der Waals surface area contributed by atoms with Crippen molar-refractivity contribution in [2.75, 3.05) is 31.2 Å². The zero-order chi connectivity index (χ0) is 30.6. The molecule has 1 N–H and O–H groups in total. The molecule has 4 bridgehead atoms. The van der Waals surface area contributed by atoms with Crippen molar-refractivity contribution in [2.24, 2.45) is 0 Å². The molecular formula is C33H46N4O6. The van der Waals surface area contributed by atoms with Gasteiger partial charge in [0, 0.05) is 31.5 Å². The van der Waals surface area contributed by atoms with E-state index in [2.05, 4.69) is 24.0 Å². The standard InChI is InChI=1S/C33H46N4O6/c1-23-28(29(31(38)39)43-32(2,3)4)30-36-16-14-33(5,15-17-36)42-18-10-9-13-26(22-40-20-24-11-7-6-8-12-24)41-21-25-19-27(34-23)37(30)35-25/h6-8,11-12,19,26,29H,9-10,13-18,20-22H2,1-5H3,(H,38,39)/t26-,29-/m0/s1. The average Bonchev–Trinajstić information content (AvgIpc) is 3.36. The molecule has 3 aliphatic heterocycles. The van der Waals surface area contributed by atoms with E-state index in [1.54, 1.807) is 4.52 Å². The molecule has 2 aromatic heterocycles. The van der Waals surface area contributed by atoms with Gasteiger partial charge < -0.3 is 29.0 Å². The van der Waals surface area contributed by atoms with Crippen molar-refractivity contribution in [1.82, 2.24) is 14.6 Å². The van der Waals surface area contributed by atoms with Gasteiger partial charge in [-0.25, -0.2) is 9.78 Å². The second-order valence-corrected chi connectivity index (χ2v) is 13.0. The Morgan fingerprint density at radius 1 is 1.19 bits per heavy atom. The first-order valence-electron chi connectivity index (χ1n) is 15.4. The minimum absolute atomic E-state index is 0.0986. The lowest BCUT2D eigenvalue weighted by Crippen LogP contribution is -2.46. The number of benzene rings is 1. The third-order valence-electron chi connectivity index (χ3n) is 8.19. The highest BCUT2D eigenvalue weighted by Crippen LogP contribution is 2.38. The van der Waals surface area contributed by atoms with Crippen LogP contribution in [0.2, 0.25) is 0 Å². The summed E-state index contributed by atoms with van der Waals surface area (Å²) in [6.45, 7) is 13.0. The zero-order valence-corrected chi connectivity index (χ0v) is 26.2. The fourth-order valence-electron chi connectivity index (χ4n) is 5.86. The quantitative estimate of drug-likeness (QED) is 0.372. The third-order valence-corrected chi connectivity index (χ3v) is 8.19. The van der Waals surface area contributed by atoms with Crippen LogP contribution in [0.1, 0.15) is 88.4 Å². The summed E-state index contributed by atoms with van der Waals surface area (Å²) in [5, 5.41) is 15.3. The summed E-state index contributed by atoms with van der Waals surface area (Å²) in [7, 11) is 0. The number of nitrogens with zero attached hydrogens (tertiary/aromatic N) is 4. The van der Waals surface area contributed by atoms with Crippen LogP contribution in [-0.4, -0.2) is 69.3 Å². The van der Waals surface area contributed by atoms with Crippen LogP contribution in [-0.2, 0) is 37.0 Å². The maximum absolute atomic E-state index is 12.6. The normalized spacial score (nSPS) is 22.7. The Balaban J connectivity index is 1.48. The second kappa shape index (κ2) is 13.3. The number of aryl methyl sites for hydroxylation is 1. The van der Waals surface area contributed by atoms with Crippen LogP contribution in [0.15, 0.2) is 36.4 Å². The number of carboxylic acid groups (broad SMARTS) is 1. The Bertz CT molecular complexity index is 1380. The summed E-state index contributed by atoms with van der Waals surface area (Å²) in [6, 6.07) is 12.1. The maximum atomic E-state index is 12.6. The first-order valence-corrected chi connectivity index (χ1v) is 15.4. The van der Waals surface area contributed by atoms with E-state index in [0.717, 1.165) is 43.4 Å². The van der Waals surface area contributed by atoms with Gasteiger partial charge in [0.2, 0.25) is 0 Å². The first kappa shape index (κ1) is 31.4. The fraction of sp³-hybridized carbons (Fsp3) is 0.606. The Labute approximate surface area is 254 Å². The summed E-state index contributed by atoms with van der Waals surface area (Å²) >= 11 is 0. The SMILES string of the molecule is Cc1nc2cc3nn2c(c1[C@H](OC(C)(C)C)C(=O)O)N1CCC(C)(CC1)OCCCC[C@@H](COCc1ccccc1)OC3. The van der Waals surface area contributed by atoms with E-state index >= 15 is 0 Å². The largest absolute Gasteiger partial charge is 0.479 e. The molecule has 0 unspecified atom stereocenters. The van der Waals surface area contributed by atoms with Crippen LogP contribution in [0.4, 0.5) is 5.82 Å². The second-order valence-electron chi connectivity index (χ2n) is 13.0. The number of carbonyl (C=O) groups is 1. The van der Waals surface area contributed by atoms with Crippen LogP contribution < -0.4 is 4.90 Å². The maximum Gasteiger partial charge on any atom is 0.337 e. The number of piperidine rings is 1. The molecule has 1 aromatic carbocycles. The van der Waals surface area contributed by atoms with E-state index in [0.29, 0.717) is 62.2 Å². The summed E-state index contributed by atoms with van der Waals surface area (Å²) in [5.74, 6) is -0.343. The number of carboxylic acids is 1. The van der Waals surface area contributed by atoms with Gasteiger partial charge in [0.25, 0.3) is 0 Å². The number of aliphatic carboxylic acids is 1. The predicted molar refractivity (Wildman–Crippen MR) is 163 cm³/mol. The van der Waals surface area contributed by atoms with Gasteiger partial charge in [0.1, 0.15) is 5.82 Å². The molecule has 0 aliphatic carbocycles. The minimum Gasteiger partial charge on any atom is -0.479 e. The van der Waals surface area contributed by atoms with Crippen molar-refractivity contribution in [2.45, 2.75) is 103 Å². The summed E-state index contributed by atoms with van der Waals surface area (Å²) in [4.78, 5) is 19.7. The number of rotatable bonds is 7. The first-order chi connectivity index (χ1) is 20.5. The molecule has 0 spiro atoms. The number of ether oxygens (including phenoxy) is 4. The van der Waals surface area contributed by atoms with Gasteiger partial charge in [0.05, 0.1) is 48.4 Å². The highest BCUT2D eigenvalue weighted by Gasteiger charge is 2.37. The fourth-order valence-corrected chi connectivity index (χ4v) is 5.86. The topological polar surface area (TPSA) is 108 Å². The van der Waals surface area contributed by atoms with Gasteiger partial charge in [-0.05, 0) is 72.3 Å². The van der Waals surface area contributed by atoms with Gasteiger partial charge in [-0.1, -0.05) is 30.3 Å². The van der Waals surface area contributed by atoms with E-state index in [1.165, 1.54) is 0 Å². The lowest BCUT2D eigenvalue weighted by molar-refractivity contribution is -0.160. The van der Waals surface area contributed by atoms with E-state index in [4.69, 9.17) is 29.0 Å². The molecule has 6 rings (SSSR count). The predicted octanol–water partition coefficient (Wildman–Crippen LogP) is 5.64. The van der Waals surface area contributed by atoms with Crippen molar-refractivity contribution < 1.29 is 28.8 Å². The van der Waals surface area contributed by atoms with Crippen molar-refractivity contribution in [3.63, 3.8) is 0 Å². The Morgan fingerprint density at radius 2 is 1.93 bits per heavy atom. The molecule has 10 nitrogen and oxygen atoms in total. The molecule has 3 aromatic rings. The molecule has 0 amide bonds. The molecule has 0 saturated carbocycles. The number of hydrogen-bond acceptors (Lipinski definition) is 8. The van der Waals surface area contributed by atoms with Crippen LogP contribution in [0.3, 0.4) is 0 Å². The van der Waals surface area contributed by atoms with E-state index in [1.807, 2.05) is 52.0 Å². The lowest BCUT2D eigenvalue weighted by atomic mass is 9.92. The summed E-state index contributed by atoms with van der Waals surface area (Å²) in [6.07, 6.45) is 3.12. The molecule has 1 fully saturated rings. The van der Waals surface area contributed by atoms with Crippen LogP contribution in [0, 0.1) is 6.92 Å². The van der Waals surface area contributed by atoms with E-state index in [9.17, 15) is 9.90 Å².